The first-order valence-electron chi connectivity index (χ1n) is 9.05. The molecule has 4 aromatic rings. The predicted molar refractivity (Wildman–Crippen MR) is 111 cm³/mol. The highest BCUT2D eigenvalue weighted by atomic mass is 35.5. The van der Waals surface area contributed by atoms with Crippen LogP contribution in [0.4, 0.5) is 5.69 Å². The molecule has 1 aromatic carbocycles. The van der Waals surface area contributed by atoms with E-state index < -0.39 is 5.91 Å². The monoisotopic (exact) mass is 413 g/mol. The van der Waals surface area contributed by atoms with Crippen LogP contribution in [0.5, 0.6) is 0 Å². The van der Waals surface area contributed by atoms with Gasteiger partial charge < -0.3 is 15.7 Å². The summed E-state index contributed by atoms with van der Waals surface area (Å²) in [5.74, 6) is -0.582. The maximum Gasteiger partial charge on any atom is 0.254 e. The van der Waals surface area contributed by atoms with E-state index in [1.807, 2.05) is 19.2 Å². The number of aromatic nitrogens is 5. The Labute approximate surface area is 172 Å². The first kappa shape index (κ1) is 19.2. The number of hydrogen-bond acceptors (Lipinski definition) is 6. The molecule has 10 heteroatoms. The number of halogens is 1. The van der Waals surface area contributed by atoms with E-state index in [0.29, 0.717) is 24.3 Å². The third-order valence-corrected chi connectivity index (χ3v) is 5.26. The summed E-state index contributed by atoms with van der Waals surface area (Å²) in [6.45, 7) is 1.24. The van der Waals surface area contributed by atoms with Gasteiger partial charge in [-0.1, -0.05) is 0 Å². The fraction of sp³-hybridized carbons (Fsp3) is 0.263. The van der Waals surface area contributed by atoms with Crippen LogP contribution in [0.25, 0.3) is 27.8 Å². The Morgan fingerprint density at radius 3 is 2.90 bits per heavy atom. The van der Waals surface area contributed by atoms with Crippen molar-refractivity contribution >= 4 is 40.6 Å². The number of aliphatic hydroxyl groups excluding tert-OH is 1. The molecule has 5 rings (SSSR count). The number of anilines is 1. The van der Waals surface area contributed by atoms with Gasteiger partial charge in [-0.15, -0.1) is 12.4 Å². The molecule has 3 N–H and O–H groups in total. The van der Waals surface area contributed by atoms with Crippen LogP contribution in [0.3, 0.4) is 0 Å². The third kappa shape index (κ3) is 2.99. The van der Waals surface area contributed by atoms with Crippen molar-refractivity contribution in [1.29, 1.82) is 0 Å². The summed E-state index contributed by atoms with van der Waals surface area (Å²) in [4.78, 5) is 18.7. The van der Waals surface area contributed by atoms with Gasteiger partial charge in [0, 0.05) is 49.2 Å². The minimum atomic E-state index is -0.582. The van der Waals surface area contributed by atoms with Crippen molar-refractivity contribution in [2.75, 3.05) is 18.0 Å². The Hall–Kier alpha value is -3.17. The van der Waals surface area contributed by atoms with Crippen molar-refractivity contribution in [3.05, 3.63) is 42.4 Å². The Balaban J connectivity index is 0.00000205. The first-order valence-corrected chi connectivity index (χ1v) is 9.05. The van der Waals surface area contributed by atoms with E-state index in [4.69, 9.17) is 5.73 Å². The van der Waals surface area contributed by atoms with Crippen molar-refractivity contribution in [2.24, 2.45) is 12.8 Å². The molecular formula is C19H20ClN7O2. The van der Waals surface area contributed by atoms with E-state index in [-0.39, 0.29) is 24.1 Å². The molecule has 150 valence electrons. The summed E-state index contributed by atoms with van der Waals surface area (Å²) < 4.78 is 3.34. The number of fused-ring (bicyclic) bond motifs is 2. The molecule has 0 saturated carbocycles. The summed E-state index contributed by atoms with van der Waals surface area (Å²) in [5, 5.41) is 20.0. The van der Waals surface area contributed by atoms with Crippen molar-refractivity contribution in [1.82, 2.24) is 24.4 Å². The van der Waals surface area contributed by atoms with Crippen LogP contribution in [0.2, 0.25) is 0 Å². The molecule has 1 atom stereocenters. The summed E-state index contributed by atoms with van der Waals surface area (Å²) >= 11 is 0. The number of carbonyl (C=O) groups is 1. The minimum Gasteiger partial charge on any atom is -0.391 e. The van der Waals surface area contributed by atoms with Crippen molar-refractivity contribution in [2.45, 2.75) is 12.5 Å². The van der Waals surface area contributed by atoms with Crippen LogP contribution in [0.15, 0.2) is 36.8 Å². The molecule has 3 aromatic heterocycles. The van der Waals surface area contributed by atoms with Crippen LogP contribution in [-0.4, -0.2) is 54.6 Å². The highest BCUT2D eigenvalue weighted by Crippen LogP contribution is 2.38. The van der Waals surface area contributed by atoms with Gasteiger partial charge in [0.15, 0.2) is 5.65 Å². The van der Waals surface area contributed by atoms with Gasteiger partial charge in [-0.2, -0.15) is 10.2 Å². The zero-order valence-electron chi connectivity index (χ0n) is 15.7. The fourth-order valence-corrected chi connectivity index (χ4v) is 3.90. The molecule has 0 spiro atoms. The molecule has 4 heterocycles. The largest absolute Gasteiger partial charge is 0.391 e. The Morgan fingerprint density at radius 1 is 1.34 bits per heavy atom. The Bertz CT molecular complexity index is 1230. The highest BCUT2D eigenvalue weighted by molar-refractivity contribution is 6.07. The van der Waals surface area contributed by atoms with Crippen LogP contribution in [0.1, 0.15) is 16.8 Å². The van der Waals surface area contributed by atoms with Crippen molar-refractivity contribution < 1.29 is 9.90 Å². The number of nitrogens with zero attached hydrogens (tertiary/aromatic N) is 6. The topological polar surface area (TPSA) is 115 Å². The SMILES string of the molecule is Cl.Cn1ncc2cc(N3CCC(O)C3)c(-c3nn4cccnc4c3C(N)=O)cc21. The number of amides is 1. The van der Waals surface area contributed by atoms with Gasteiger partial charge in [0.25, 0.3) is 5.91 Å². The second-order valence-corrected chi connectivity index (χ2v) is 7.06. The number of nitrogens with two attached hydrogens (primary N) is 1. The van der Waals surface area contributed by atoms with Crippen LogP contribution >= 0.6 is 12.4 Å². The third-order valence-electron chi connectivity index (χ3n) is 5.26. The molecule has 1 saturated heterocycles. The lowest BCUT2D eigenvalue weighted by Gasteiger charge is -2.21. The molecule has 1 aliphatic heterocycles. The molecule has 1 aliphatic rings. The molecule has 1 fully saturated rings. The zero-order chi connectivity index (χ0) is 19.4. The lowest BCUT2D eigenvalue weighted by Crippen LogP contribution is -2.22. The molecule has 9 nitrogen and oxygen atoms in total. The Morgan fingerprint density at radius 2 is 2.17 bits per heavy atom. The molecule has 0 radical (unpaired) electrons. The van der Waals surface area contributed by atoms with E-state index in [2.05, 4.69) is 20.1 Å². The summed E-state index contributed by atoms with van der Waals surface area (Å²) in [6.07, 6.45) is 5.46. The van der Waals surface area contributed by atoms with Gasteiger partial charge in [-0.05, 0) is 24.6 Å². The van der Waals surface area contributed by atoms with Crippen molar-refractivity contribution in [3.63, 3.8) is 0 Å². The number of rotatable bonds is 3. The maximum absolute atomic E-state index is 12.3. The number of primary amides is 1. The standard InChI is InChI=1S/C19H19N7O2.ClH/c1-24-14-8-13(15(7-11(14)9-22-24)25-6-3-12(27)10-25)17-16(18(20)28)19-21-4-2-5-26(19)23-17;/h2,4-5,7-9,12,27H,3,6,10H2,1H3,(H2,20,28);1H. The van der Waals surface area contributed by atoms with E-state index >= 15 is 0 Å². The number of benzene rings is 1. The summed E-state index contributed by atoms with van der Waals surface area (Å²) in [6, 6.07) is 5.74. The van der Waals surface area contributed by atoms with Crippen LogP contribution < -0.4 is 10.6 Å². The minimum absolute atomic E-state index is 0. The average molecular weight is 414 g/mol. The number of hydrogen-bond donors (Lipinski definition) is 2. The van der Waals surface area contributed by atoms with Gasteiger partial charge in [0.05, 0.1) is 17.8 Å². The molecule has 29 heavy (non-hydrogen) atoms. The summed E-state index contributed by atoms with van der Waals surface area (Å²) in [7, 11) is 1.87. The zero-order valence-corrected chi connectivity index (χ0v) is 16.5. The number of carbonyl (C=O) groups excluding carboxylic acids is 1. The quantitative estimate of drug-likeness (QED) is 0.524. The van der Waals surface area contributed by atoms with Gasteiger partial charge in [-0.25, -0.2) is 9.50 Å². The lowest BCUT2D eigenvalue weighted by atomic mass is 10.0. The normalized spacial score (nSPS) is 16.5. The second kappa shape index (κ2) is 7.02. The Kier molecular flexibility index (Phi) is 4.64. The van der Waals surface area contributed by atoms with Crippen LogP contribution in [-0.2, 0) is 7.05 Å². The average Bonchev–Trinajstić information content (AvgIpc) is 3.37. The van der Waals surface area contributed by atoms with Gasteiger partial charge >= 0.3 is 0 Å². The van der Waals surface area contributed by atoms with Crippen LogP contribution in [0, 0.1) is 0 Å². The summed E-state index contributed by atoms with van der Waals surface area (Å²) in [5.41, 5.74) is 9.46. The number of β-amino-alcohol motifs (C(OH)–C–C–N with tert-alkyl or cyclic N) is 1. The molecule has 0 aliphatic carbocycles. The number of aryl methyl sites for hydroxylation is 1. The van der Waals surface area contributed by atoms with E-state index in [1.165, 1.54) is 0 Å². The lowest BCUT2D eigenvalue weighted by molar-refractivity contribution is 0.100. The first-order chi connectivity index (χ1) is 13.5. The molecule has 1 amide bonds. The molecular weight excluding hydrogens is 394 g/mol. The van der Waals surface area contributed by atoms with Gasteiger partial charge in [-0.3, -0.25) is 9.48 Å². The van der Waals surface area contributed by atoms with E-state index in [9.17, 15) is 9.90 Å². The predicted octanol–water partition coefficient (Wildman–Crippen LogP) is 1.37. The maximum atomic E-state index is 12.3. The number of aliphatic hydroxyl groups is 1. The second-order valence-electron chi connectivity index (χ2n) is 7.06. The molecule has 1 unspecified atom stereocenters. The highest BCUT2D eigenvalue weighted by Gasteiger charge is 2.28. The fourth-order valence-electron chi connectivity index (χ4n) is 3.90. The van der Waals surface area contributed by atoms with Crippen molar-refractivity contribution in [3.8, 4) is 11.3 Å². The molecule has 0 bridgehead atoms. The van der Waals surface area contributed by atoms with Gasteiger partial charge in [0.1, 0.15) is 11.3 Å². The smallest absolute Gasteiger partial charge is 0.254 e. The van der Waals surface area contributed by atoms with E-state index in [1.54, 1.807) is 33.9 Å². The van der Waals surface area contributed by atoms with Gasteiger partial charge in [0.2, 0.25) is 0 Å². The van der Waals surface area contributed by atoms with E-state index in [0.717, 1.165) is 28.7 Å².